The van der Waals surface area contributed by atoms with Crippen LogP contribution in [0.4, 0.5) is 0 Å². The molecule has 1 atom stereocenters. The van der Waals surface area contributed by atoms with Crippen molar-refractivity contribution >= 4 is 0 Å². The van der Waals surface area contributed by atoms with E-state index in [1.54, 1.807) is 0 Å². The molecule has 0 saturated heterocycles. The van der Waals surface area contributed by atoms with Crippen molar-refractivity contribution in [3.8, 4) is 0 Å². The Balaban J connectivity index is 2.39. The molecule has 0 bridgehead atoms. The average Bonchev–Trinajstić information content (AvgIpc) is 2.36. The Kier molecular flexibility index (Phi) is 3.55. The molecule has 1 aromatic heterocycles. The van der Waals surface area contributed by atoms with Crippen molar-refractivity contribution in [2.24, 2.45) is 5.73 Å². The number of pyridine rings is 1. The van der Waals surface area contributed by atoms with Crippen LogP contribution in [0, 0.1) is 13.8 Å². The first kappa shape index (κ1) is 11.8. The lowest BCUT2D eigenvalue weighted by Gasteiger charge is -2.16. The molecule has 0 saturated carbocycles. The van der Waals surface area contributed by atoms with E-state index in [4.69, 9.17) is 5.73 Å². The maximum absolute atomic E-state index is 5.88. The quantitative estimate of drug-likeness (QED) is 0.874. The molecule has 2 rings (SSSR count). The van der Waals surface area contributed by atoms with Crippen LogP contribution in [0.15, 0.2) is 42.6 Å². The van der Waals surface area contributed by atoms with E-state index >= 15 is 0 Å². The maximum Gasteiger partial charge on any atom is 0.0491 e. The van der Waals surface area contributed by atoms with E-state index in [0.717, 1.165) is 5.69 Å². The Morgan fingerprint density at radius 1 is 1.12 bits per heavy atom. The van der Waals surface area contributed by atoms with Crippen molar-refractivity contribution in [1.82, 2.24) is 4.98 Å². The number of benzene rings is 1. The van der Waals surface area contributed by atoms with Gasteiger partial charge in [0.05, 0.1) is 0 Å². The van der Waals surface area contributed by atoms with Gasteiger partial charge in [-0.25, -0.2) is 0 Å². The molecular weight excluding hydrogens is 208 g/mol. The van der Waals surface area contributed by atoms with Crippen molar-refractivity contribution < 1.29 is 0 Å². The van der Waals surface area contributed by atoms with Crippen molar-refractivity contribution in [2.75, 3.05) is 6.54 Å². The molecule has 0 radical (unpaired) electrons. The first-order chi connectivity index (χ1) is 8.22. The van der Waals surface area contributed by atoms with Gasteiger partial charge in [-0.15, -0.1) is 0 Å². The molecule has 2 N–H and O–H groups in total. The van der Waals surface area contributed by atoms with Crippen LogP contribution in [0.1, 0.15) is 28.3 Å². The zero-order chi connectivity index (χ0) is 12.3. The molecule has 0 amide bonds. The van der Waals surface area contributed by atoms with Gasteiger partial charge in [-0.3, -0.25) is 4.98 Å². The second-order valence-corrected chi connectivity index (χ2v) is 4.39. The van der Waals surface area contributed by atoms with Gasteiger partial charge in [-0.05, 0) is 42.7 Å². The summed E-state index contributed by atoms with van der Waals surface area (Å²) >= 11 is 0. The Labute approximate surface area is 103 Å². The summed E-state index contributed by atoms with van der Waals surface area (Å²) in [4.78, 5) is 4.40. The van der Waals surface area contributed by atoms with Crippen LogP contribution in [0.5, 0.6) is 0 Å². The van der Waals surface area contributed by atoms with E-state index in [-0.39, 0.29) is 5.92 Å². The standard InChI is InChI=1S/C15H18N2/c1-11-6-7-13(9-12(11)2)14(10-16)15-5-3-4-8-17-15/h3-9,14H,10,16H2,1-2H3/t14-/m0/s1. The topological polar surface area (TPSA) is 38.9 Å². The third kappa shape index (κ3) is 2.53. The van der Waals surface area contributed by atoms with Crippen molar-refractivity contribution in [3.05, 3.63) is 65.0 Å². The van der Waals surface area contributed by atoms with Crippen LogP contribution in [-0.2, 0) is 0 Å². The summed E-state index contributed by atoms with van der Waals surface area (Å²) in [6.07, 6.45) is 1.82. The van der Waals surface area contributed by atoms with Gasteiger partial charge < -0.3 is 5.73 Å². The van der Waals surface area contributed by atoms with E-state index in [9.17, 15) is 0 Å². The van der Waals surface area contributed by atoms with Gasteiger partial charge in [0.25, 0.3) is 0 Å². The van der Waals surface area contributed by atoms with Crippen LogP contribution >= 0.6 is 0 Å². The molecule has 0 spiro atoms. The van der Waals surface area contributed by atoms with Crippen LogP contribution < -0.4 is 5.73 Å². The van der Waals surface area contributed by atoms with Crippen LogP contribution in [0.2, 0.25) is 0 Å². The van der Waals surface area contributed by atoms with Gasteiger partial charge in [0, 0.05) is 24.4 Å². The third-order valence-corrected chi connectivity index (χ3v) is 3.21. The van der Waals surface area contributed by atoms with Gasteiger partial charge in [0.2, 0.25) is 0 Å². The number of hydrogen-bond acceptors (Lipinski definition) is 2. The summed E-state index contributed by atoms with van der Waals surface area (Å²) in [5.74, 6) is 0.190. The lowest BCUT2D eigenvalue weighted by molar-refractivity contribution is 0.786. The average molecular weight is 226 g/mol. The molecule has 88 valence electrons. The van der Waals surface area contributed by atoms with E-state index in [2.05, 4.69) is 37.0 Å². The summed E-state index contributed by atoms with van der Waals surface area (Å²) < 4.78 is 0. The Morgan fingerprint density at radius 3 is 2.53 bits per heavy atom. The number of aromatic nitrogens is 1. The Morgan fingerprint density at radius 2 is 1.94 bits per heavy atom. The SMILES string of the molecule is Cc1ccc([C@H](CN)c2ccccn2)cc1C. The predicted octanol–water partition coefficient (Wildman–Crippen LogP) is 2.79. The summed E-state index contributed by atoms with van der Waals surface area (Å²) in [7, 11) is 0. The predicted molar refractivity (Wildman–Crippen MR) is 71.1 cm³/mol. The normalized spacial score (nSPS) is 12.4. The summed E-state index contributed by atoms with van der Waals surface area (Å²) in [5, 5.41) is 0. The second-order valence-electron chi connectivity index (χ2n) is 4.39. The zero-order valence-corrected chi connectivity index (χ0v) is 10.4. The van der Waals surface area contributed by atoms with E-state index in [1.807, 2.05) is 24.4 Å². The summed E-state index contributed by atoms with van der Waals surface area (Å²) in [5.41, 5.74) is 10.8. The zero-order valence-electron chi connectivity index (χ0n) is 10.4. The largest absolute Gasteiger partial charge is 0.329 e. The highest BCUT2D eigenvalue weighted by Crippen LogP contribution is 2.23. The van der Waals surface area contributed by atoms with E-state index in [1.165, 1.54) is 16.7 Å². The van der Waals surface area contributed by atoms with Gasteiger partial charge in [-0.2, -0.15) is 0 Å². The molecule has 0 aliphatic heterocycles. The summed E-state index contributed by atoms with van der Waals surface area (Å²) in [6.45, 7) is 4.83. The summed E-state index contributed by atoms with van der Waals surface area (Å²) in [6, 6.07) is 12.5. The van der Waals surface area contributed by atoms with Crippen LogP contribution in [0.25, 0.3) is 0 Å². The molecule has 2 heteroatoms. The fraction of sp³-hybridized carbons (Fsp3) is 0.267. The lowest BCUT2D eigenvalue weighted by atomic mass is 9.93. The highest BCUT2D eigenvalue weighted by molar-refractivity contribution is 5.35. The van der Waals surface area contributed by atoms with Crippen molar-refractivity contribution in [1.29, 1.82) is 0 Å². The molecule has 0 aliphatic rings. The third-order valence-electron chi connectivity index (χ3n) is 3.21. The van der Waals surface area contributed by atoms with Crippen LogP contribution in [0.3, 0.4) is 0 Å². The van der Waals surface area contributed by atoms with Crippen molar-refractivity contribution in [2.45, 2.75) is 19.8 Å². The number of nitrogens with zero attached hydrogens (tertiary/aromatic N) is 1. The number of hydrogen-bond donors (Lipinski definition) is 1. The highest BCUT2D eigenvalue weighted by Gasteiger charge is 2.13. The molecular formula is C15H18N2. The molecule has 0 aliphatic carbocycles. The first-order valence-corrected chi connectivity index (χ1v) is 5.90. The number of aryl methyl sites for hydroxylation is 2. The van der Waals surface area contributed by atoms with E-state index in [0.29, 0.717) is 6.54 Å². The molecule has 0 fully saturated rings. The fourth-order valence-electron chi connectivity index (χ4n) is 1.99. The van der Waals surface area contributed by atoms with Crippen molar-refractivity contribution in [3.63, 3.8) is 0 Å². The lowest BCUT2D eigenvalue weighted by Crippen LogP contribution is -2.15. The first-order valence-electron chi connectivity index (χ1n) is 5.90. The minimum absolute atomic E-state index is 0.190. The van der Waals surface area contributed by atoms with Gasteiger partial charge >= 0.3 is 0 Å². The molecule has 17 heavy (non-hydrogen) atoms. The minimum atomic E-state index is 0.190. The number of rotatable bonds is 3. The van der Waals surface area contributed by atoms with Crippen LogP contribution in [-0.4, -0.2) is 11.5 Å². The molecule has 1 aromatic carbocycles. The Bertz CT molecular complexity index is 492. The molecule has 2 nitrogen and oxygen atoms in total. The molecule has 2 aromatic rings. The van der Waals surface area contributed by atoms with E-state index < -0.39 is 0 Å². The second kappa shape index (κ2) is 5.11. The highest BCUT2D eigenvalue weighted by atomic mass is 14.7. The number of nitrogens with two attached hydrogens (primary N) is 1. The molecule has 1 heterocycles. The van der Waals surface area contributed by atoms with Gasteiger partial charge in [0.1, 0.15) is 0 Å². The monoisotopic (exact) mass is 226 g/mol. The smallest absolute Gasteiger partial charge is 0.0491 e. The van der Waals surface area contributed by atoms with Gasteiger partial charge in [-0.1, -0.05) is 24.3 Å². The fourth-order valence-corrected chi connectivity index (χ4v) is 1.99. The maximum atomic E-state index is 5.88. The Hall–Kier alpha value is -1.67. The van der Waals surface area contributed by atoms with Gasteiger partial charge in [0.15, 0.2) is 0 Å². The molecule has 0 unspecified atom stereocenters. The minimum Gasteiger partial charge on any atom is -0.329 e.